The molecule has 1 N–H and O–H groups in total. The van der Waals surface area contributed by atoms with Crippen molar-refractivity contribution in [1.82, 2.24) is 4.98 Å². The second-order valence-electron chi connectivity index (χ2n) is 15.3. The molecule has 3 fully saturated rings. The van der Waals surface area contributed by atoms with Crippen LogP contribution in [-0.4, -0.2) is 92.2 Å². The number of benzene rings is 1. The van der Waals surface area contributed by atoms with Crippen LogP contribution < -0.4 is 0 Å². The summed E-state index contributed by atoms with van der Waals surface area (Å²) in [6.07, 6.45) is 2.92. The fourth-order valence-electron chi connectivity index (χ4n) is 9.73. The number of Topliss-reactive ketones (excluding diaryl/α,β-unsaturated/α-hetero) is 1. The van der Waals surface area contributed by atoms with Gasteiger partial charge in [0.15, 0.2) is 12.1 Å². The molecule has 1 saturated carbocycles. The highest BCUT2D eigenvalue weighted by Crippen LogP contribution is 2.63. The van der Waals surface area contributed by atoms with Gasteiger partial charge in [-0.05, 0) is 75.0 Å². The van der Waals surface area contributed by atoms with E-state index in [2.05, 4.69) is 6.08 Å². The lowest BCUT2D eigenvalue weighted by atomic mass is 9.67. The number of halogens is 1. The molecule has 0 radical (unpaired) electrons. The average molecular weight is 758 g/mol. The highest BCUT2D eigenvalue weighted by Gasteiger charge is 2.57. The maximum absolute atomic E-state index is 14.3. The summed E-state index contributed by atoms with van der Waals surface area (Å²) >= 11 is 8.12. The van der Waals surface area contributed by atoms with Crippen molar-refractivity contribution < 1.29 is 43.1 Å². The minimum atomic E-state index is -0.772. The van der Waals surface area contributed by atoms with E-state index in [-0.39, 0.29) is 72.4 Å². The van der Waals surface area contributed by atoms with Gasteiger partial charge in [0, 0.05) is 60.5 Å². The van der Waals surface area contributed by atoms with Crippen molar-refractivity contribution in [2.45, 2.75) is 127 Å². The van der Waals surface area contributed by atoms with Crippen molar-refractivity contribution in [1.29, 1.82) is 0 Å². The van der Waals surface area contributed by atoms with E-state index in [1.165, 1.54) is 4.88 Å². The van der Waals surface area contributed by atoms with E-state index >= 15 is 0 Å². The zero-order valence-corrected chi connectivity index (χ0v) is 32.4. The molecular formula is C40H52ClNO9S. The molecule has 5 aliphatic rings. The number of hydrogen-bond acceptors (Lipinski definition) is 11. The number of fused-ring (bicyclic) bond motifs is 8. The lowest BCUT2D eigenvalue weighted by Gasteiger charge is -2.44. The van der Waals surface area contributed by atoms with Crippen molar-refractivity contribution in [3.63, 3.8) is 0 Å². The van der Waals surface area contributed by atoms with Gasteiger partial charge in [-0.2, -0.15) is 0 Å². The Bertz CT molecular complexity index is 1650. The normalized spacial score (nSPS) is 39.3. The molecule has 3 heterocycles. The highest BCUT2D eigenvalue weighted by molar-refractivity contribution is 7.15. The number of aliphatic hydroxyl groups excluding tert-OH is 1. The Morgan fingerprint density at radius 2 is 1.79 bits per heavy atom. The van der Waals surface area contributed by atoms with E-state index < -0.39 is 30.3 Å². The van der Waals surface area contributed by atoms with Crippen LogP contribution in [-0.2, 0) is 38.0 Å². The maximum atomic E-state index is 14.3. The molecule has 1 aromatic heterocycles. The minimum absolute atomic E-state index is 0.0531. The summed E-state index contributed by atoms with van der Waals surface area (Å²) in [5, 5.41) is 12.7. The van der Waals surface area contributed by atoms with Gasteiger partial charge in [-0.3, -0.25) is 9.59 Å². The second-order valence-corrected chi connectivity index (χ2v) is 16.8. The molecule has 0 spiro atoms. The van der Waals surface area contributed by atoms with Crippen molar-refractivity contribution in [2.75, 3.05) is 21.3 Å². The Kier molecular flexibility index (Phi) is 11.6. The van der Waals surface area contributed by atoms with Crippen molar-refractivity contribution >= 4 is 34.7 Å². The first kappa shape index (κ1) is 38.1. The predicted octanol–water partition coefficient (Wildman–Crippen LogP) is 6.86. The molecule has 3 unspecified atom stereocenters. The number of aliphatic hydroxyl groups is 1. The molecule has 0 amide bonds. The Hall–Kier alpha value is -2.22. The first-order valence-electron chi connectivity index (χ1n) is 18.9. The van der Waals surface area contributed by atoms with E-state index in [4.69, 9.17) is 45.0 Å². The number of carbonyl (C=O) groups excluding carboxylic acids is 2. The third-order valence-corrected chi connectivity index (χ3v) is 13.9. The summed E-state index contributed by atoms with van der Waals surface area (Å²) in [7, 11) is 4.92. The monoisotopic (exact) mass is 757 g/mol. The number of carbonyl (C=O) groups is 2. The van der Waals surface area contributed by atoms with Gasteiger partial charge in [0.25, 0.3) is 0 Å². The summed E-state index contributed by atoms with van der Waals surface area (Å²) in [6, 6.07) is 7.72. The Balaban J connectivity index is 1.27. The number of rotatable bonds is 7. The second kappa shape index (κ2) is 15.9. The van der Waals surface area contributed by atoms with Gasteiger partial charge >= 0.3 is 5.97 Å². The van der Waals surface area contributed by atoms with E-state index in [1.807, 2.05) is 45.0 Å². The van der Waals surface area contributed by atoms with E-state index in [9.17, 15) is 14.7 Å². The number of esters is 1. The van der Waals surface area contributed by atoms with Gasteiger partial charge in [-0.25, -0.2) is 4.98 Å². The smallest absolute Gasteiger partial charge is 0.306 e. The lowest BCUT2D eigenvalue weighted by molar-refractivity contribution is -0.314. The molecule has 2 aromatic rings. The van der Waals surface area contributed by atoms with Crippen LogP contribution in [0.1, 0.15) is 88.1 Å². The number of methoxy groups -OCH3 is 3. The van der Waals surface area contributed by atoms with Crippen LogP contribution in [0, 0.1) is 23.7 Å². The van der Waals surface area contributed by atoms with Crippen molar-refractivity contribution in [3.05, 3.63) is 51.5 Å². The quantitative estimate of drug-likeness (QED) is 0.300. The molecule has 7 rings (SSSR count). The lowest BCUT2D eigenvalue weighted by Crippen LogP contribution is -2.59. The van der Waals surface area contributed by atoms with Crippen LogP contribution in [0.25, 0.3) is 10.6 Å². The van der Waals surface area contributed by atoms with Gasteiger partial charge in [0.1, 0.15) is 29.4 Å². The molecule has 14 atom stereocenters. The average Bonchev–Trinajstić information content (AvgIpc) is 3.85. The van der Waals surface area contributed by atoms with E-state index in [1.54, 1.807) is 32.7 Å². The maximum Gasteiger partial charge on any atom is 0.306 e. The Morgan fingerprint density at radius 1 is 1.02 bits per heavy atom. The fourth-order valence-corrected chi connectivity index (χ4v) is 11.2. The molecule has 2 aliphatic heterocycles. The fraction of sp³-hybridized carbons (Fsp3) is 0.675. The third kappa shape index (κ3) is 7.05. The van der Waals surface area contributed by atoms with Crippen molar-refractivity contribution in [3.8, 4) is 10.6 Å². The first-order chi connectivity index (χ1) is 25.1. The largest absolute Gasteiger partial charge is 0.462 e. The first-order valence-corrected chi connectivity index (χ1v) is 20.0. The third-order valence-electron chi connectivity index (χ3n) is 12.4. The van der Waals surface area contributed by atoms with Gasteiger partial charge in [0.2, 0.25) is 0 Å². The van der Waals surface area contributed by atoms with Crippen molar-refractivity contribution in [2.24, 2.45) is 23.7 Å². The van der Waals surface area contributed by atoms with Gasteiger partial charge in [0.05, 0.1) is 30.4 Å². The summed E-state index contributed by atoms with van der Waals surface area (Å²) in [4.78, 5) is 34.5. The molecule has 284 valence electrons. The van der Waals surface area contributed by atoms with Gasteiger partial charge < -0.3 is 33.5 Å². The molecule has 3 aliphatic carbocycles. The summed E-state index contributed by atoms with van der Waals surface area (Å²) in [5.74, 6) is -1.39. The van der Waals surface area contributed by atoms with Crippen LogP contribution >= 0.6 is 22.9 Å². The number of ketones is 1. The molecule has 10 nitrogen and oxygen atoms in total. The summed E-state index contributed by atoms with van der Waals surface area (Å²) in [5.41, 5.74) is 2.49. The SMILES string of the molecule is CC[C@H]1CCC[C@H](O)[C@@H](C)C(=O)C2=C[C@H]3[C@@H]4C[C@H](O[C@@H]5OC(C)[C@H](OC)C(OC)C5OC)C[C@H]4c4sc(-c5cccc(Cl)c5)nc4[C@H]3[C@@H]2CC(=O)O1. The molecule has 2 saturated heterocycles. The Labute approximate surface area is 315 Å². The molecule has 0 bridgehead atoms. The summed E-state index contributed by atoms with van der Waals surface area (Å²) < 4.78 is 36.7. The van der Waals surface area contributed by atoms with E-state index in [0.717, 1.165) is 29.1 Å². The summed E-state index contributed by atoms with van der Waals surface area (Å²) in [6.45, 7) is 5.79. The van der Waals surface area contributed by atoms with Crippen LogP contribution in [0.3, 0.4) is 0 Å². The predicted molar refractivity (Wildman–Crippen MR) is 196 cm³/mol. The highest BCUT2D eigenvalue weighted by atomic mass is 35.5. The molecule has 1 aromatic carbocycles. The van der Waals surface area contributed by atoms with Crippen LogP contribution in [0.15, 0.2) is 35.9 Å². The number of ether oxygens (including phenoxy) is 6. The molecule has 12 heteroatoms. The minimum Gasteiger partial charge on any atom is -0.462 e. The molecular weight excluding hydrogens is 706 g/mol. The number of aromatic nitrogens is 1. The molecule has 52 heavy (non-hydrogen) atoms. The number of cyclic esters (lactones) is 1. The van der Waals surface area contributed by atoms with Crippen LogP contribution in [0.5, 0.6) is 0 Å². The zero-order valence-electron chi connectivity index (χ0n) is 30.9. The standard InChI is InChI=1S/C40H52ClNO9S/c1-7-23-12-9-13-30(43)19(2)34(45)28-17-26-25-15-24(51-40-37(48-6)36(47-5)35(46-4)20(3)49-40)16-29(25)38-33(32(26)27(28)18-31(44)50-23)42-39(52-38)21-10-8-11-22(41)14-21/h8,10-11,14,17,19-20,23-27,29-30,32,35-37,40,43H,7,9,12-13,15-16,18H2,1-6H3/t19-,20?,23+,24+,25+,26+,27-,29-,30+,32-,35+,36?,37?,40+/m1/s1. The van der Waals surface area contributed by atoms with Gasteiger partial charge in [-0.1, -0.05) is 43.7 Å². The number of hydrogen-bond donors (Lipinski definition) is 1. The number of nitrogens with zero attached hydrogens (tertiary/aromatic N) is 1. The Morgan fingerprint density at radius 3 is 2.50 bits per heavy atom. The topological polar surface area (TPSA) is 123 Å². The van der Waals surface area contributed by atoms with E-state index in [0.29, 0.717) is 36.3 Å². The number of allylic oxidation sites excluding steroid dienone is 2. The van der Waals surface area contributed by atoms with Crippen LogP contribution in [0.2, 0.25) is 5.02 Å². The van der Waals surface area contributed by atoms with Gasteiger partial charge in [-0.15, -0.1) is 11.3 Å². The van der Waals surface area contributed by atoms with Crippen LogP contribution in [0.4, 0.5) is 0 Å². The number of thiazole rings is 1. The zero-order chi connectivity index (χ0) is 36.8.